The summed E-state index contributed by atoms with van der Waals surface area (Å²) in [6, 6.07) is 8.57. The van der Waals surface area contributed by atoms with Gasteiger partial charge in [0.15, 0.2) is 0 Å². The molecule has 0 unspecified atom stereocenters. The van der Waals surface area contributed by atoms with E-state index in [9.17, 15) is 0 Å². The average molecular weight is 227 g/mol. The van der Waals surface area contributed by atoms with Gasteiger partial charge < -0.3 is 4.90 Å². The topological polar surface area (TPSA) is 3.24 Å². The summed E-state index contributed by atoms with van der Waals surface area (Å²) in [5.41, 5.74) is 2.71. The lowest BCUT2D eigenvalue weighted by Crippen LogP contribution is -2.20. The van der Waals surface area contributed by atoms with E-state index in [1.807, 2.05) is 11.8 Å². The Hall–Kier alpha value is -1.41. The molecule has 1 aromatic carbocycles. The highest BCUT2D eigenvalue weighted by molar-refractivity contribution is 8.03. The van der Waals surface area contributed by atoms with E-state index < -0.39 is 0 Å². The van der Waals surface area contributed by atoms with Crippen molar-refractivity contribution in [2.45, 2.75) is 11.3 Å². The van der Waals surface area contributed by atoms with Gasteiger partial charge in [-0.2, -0.15) is 0 Å². The molecule has 0 bridgehead atoms. The van der Waals surface area contributed by atoms with Crippen molar-refractivity contribution in [1.82, 2.24) is 0 Å². The zero-order chi connectivity index (χ0) is 11.0. The van der Waals surface area contributed by atoms with E-state index in [2.05, 4.69) is 60.5 Å². The van der Waals surface area contributed by atoms with Crippen LogP contribution in [0, 0.1) is 0 Å². The summed E-state index contributed by atoms with van der Waals surface area (Å²) in [6.45, 7) is 0. The predicted molar refractivity (Wildman–Crippen MR) is 70.6 cm³/mol. The standard InChI is InChI=1S/C14H13NS/c1-15-11-7-3-2-4-9-13(11)16-14-10-6-5-8-12(14)15/h2-6,8-10H,7H2,1H3. The summed E-state index contributed by atoms with van der Waals surface area (Å²) < 4.78 is 0. The number of benzene rings is 1. The van der Waals surface area contributed by atoms with Crippen molar-refractivity contribution in [3.63, 3.8) is 0 Å². The van der Waals surface area contributed by atoms with E-state index in [1.54, 1.807) is 0 Å². The van der Waals surface area contributed by atoms with Crippen LogP contribution >= 0.6 is 11.8 Å². The highest BCUT2D eigenvalue weighted by atomic mass is 32.2. The number of para-hydroxylation sites is 1. The summed E-state index contributed by atoms with van der Waals surface area (Å²) in [7, 11) is 2.15. The molecule has 1 nitrogen and oxygen atoms in total. The fourth-order valence-corrected chi connectivity index (χ4v) is 3.26. The first-order valence-electron chi connectivity index (χ1n) is 5.43. The van der Waals surface area contributed by atoms with Gasteiger partial charge in [-0.1, -0.05) is 42.1 Å². The number of hydrogen-bond acceptors (Lipinski definition) is 2. The van der Waals surface area contributed by atoms with Crippen molar-refractivity contribution in [2.24, 2.45) is 0 Å². The maximum Gasteiger partial charge on any atom is 0.0547 e. The van der Waals surface area contributed by atoms with Gasteiger partial charge in [0.05, 0.1) is 5.69 Å². The van der Waals surface area contributed by atoms with E-state index in [0.717, 1.165) is 6.42 Å². The van der Waals surface area contributed by atoms with Crippen LogP contribution < -0.4 is 4.90 Å². The van der Waals surface area contributed by atoms with E-state index in [-0.39, 0.29) is 0 Å². The number of nitrogens with zero attached hydrogens (tertiary/aromatic N) is 1. The minimum absolute atomic E-state index is 1.01. The molecule has 1 aliphatic carbocycles. The Morgan fingerprint density at radius 1 is 1.19 bits per heavy atom. The lowest BCUT2D eigenvalue weighted by atomic mass is 10.2. The van der Waals surface area contributed by atoms with Gasteiger partial charge >= 0.3 is 0 Å². The molecule has 0 N–H and O–H groups in total. The number of thioether (sulfide) groups is 1. The van der Waals surface area contributed by atoms with Crippen LogP contribution in [0.5, 0.6) is 0 Å². The Morgan fingerprint density at radius 2 is 2.06 bits per heavy atom. The van der Waals surface area contributed by atoms with Gasteiger partial charge in [-0.3, -0.25) is 0 Å². The van der Waals surface area contributed by atoms with Gasteiger partial charge in [0.1, 0.15) is 0 Å². The molecule has 16 heavy (non-hydrogen) atoms. The highest BCUT2D eigenvalue weighted by Crippen LogP contribution is 2.44. The Bertz CT molecular complexity index is 511. The highest BCUT2D eigenvalue weighted by Gasteiger charge is 2.21. The molecule has 1 aliphatic heterocycles. The zero-order valence-electron chi connectivity index (χ0n) is 9.18. The maximum atomic E-state index is 2.31. The van der Waals surface area contributed by atoms with Crippen molar-refractivity contribution in [2.75, 3.05) is 11.9 Å². The SMILES string of the molecule is CN1C2=C(C=CC=CC2)Sc2ccccc21. The van der Waals surface area contributed by atoms with Crippen molar-refractivity contribution < 1.29 is 0 Å². The third-order valence-electron chi connectivity index (χ3n) is 2.94. The third kappa shape index (κ3) is 1.50. The molecule has 80 valence electrons. The fourth-order valence-electron chi connectivity index (χ4n) is 2.08. The lowest BCUT2D eigenvalue weighted by Gasteiger charge is -2.30. The van der Waals surface area contributed by atoms with Crippen LogP contribution in [0.2, 0.25) is 0 Å². The lowest BCUT2D eigenvalue weighted by molar-refractivity contribution is 1.00. The molecule has 1 aromatic rings. The van der Waals surface area contributed by atoms with Gasteiger partial charge in [0.25, 0.3) is 0 Å². The first-order chi connectivity index (χ1) is 7.86. The summed E-state index contributed by atoms with van der Waals surface area (Å²) >= 11 is 1.87. The number of anilines is 1. The molecule has 0 atom stereocenters. The van der Waals surface area contributed by atoms with Crippen LogP contribution in [-0.2, 0) is 0 Å². The van der Waals surface area contributed by atoms with Crippen molar-refractivity contribution in [3.8, 4) is 0 Å². The Morgan fingerprint density at radius 3 is 3.00 bits per heavy atom. The molecule has 0 radical (unpaired) electrons. The van der Waals surface area contributed by atoms with Gasteiger partial charge in [0, 0.05) is 29.0 Å². The Balaban J connectivity index is 2.11. The summed E-state index contributed by atoms with van der Waals surface area (Å²) in [5, 5.41) is 0. The Labute approximate surface area is 100 Å². The average Bonchev–Trinajstić information content (AvgIpc) is 2.55. The fraction of sp³-hybridized carbons (Fsp3) is 0.143. The summed E-state index contributed by atoms with van der Waals surface area (Å²) in [6.07, 6.45) is 9.68. The smallest absolute Gasteiger partial charge is 0.0547 e. The van der Waals surface area contributed by atoms with Crippen LogP contribution in [0.15, 0.2) is 64.1 Å². The molecule has 0 spiro atoms. The maximum absolute atomic E-state index is 2.31. The second kappa shape index (κ2) is 3.87. The minimum atomic E-state index is 1.01. The van der Waals surface area contributed by atoms with Crippen molar-refractivity contribution in [3.05, 3.63) is 59.2 Å². The van der Waals surface area contributed by atoms with E-state index in [1.165, 1.54) is 21.2 Å². The number of fused-ring (bicyclic) bond motifs is 1. The van der Waals surface area contributed by atoms with Crippen molar-refractivity contribution in [1.29, 1.82) is 0 Å². The molecular weight excluding hydrogens is 214 g/mol. The van der Waals surface area contributed by atoms with Crippen LogP contribution in [0.3, 0.4) is 0 Å². The second-order valence-corrected chi connectivity index (χ2v) is 5.01. The molecule has 0 aromatic heterocycles. The summed E-state index contributed by atoms with van der Waals surface area (Å²) in [5.74, 6) is 0. The van der Waals surface area contributed by atoms with Gasteiger partial charge in [-0.15, -0.1) is 0 Å². The zero-order valence-corrected chi connectivity index (χ0v) is 10.00. The van der Waals surface area contributed by atoms with Gasteiger partial charge in [0.2, 0.25) is 0 Å². The van der Waals surface area contributed by atoms with Crippen LogP contribution in [-0.4, -0.2) is 7.05 Å². The van der Waals surface area contributed by atoms with Gasteiger partial charge in [-0.25, -0.2) is 0 Å². The van der Waals surface area contributed by atoms with Crippen LogP contribution in [0.25, 0.3) is 0 Å². The summed E-state index contributed by atoms with van der Waals surface area (Å²) in [4.78, 5) is 5.02. The van der Waals surface area contributed by atoms with Crippen LogP contribution in [0.4, 0.5) is 5.69 Å². The van der Waals surface area contributed by atoms with Gasteiger partial charge in [-0.05, 0) is 18.2 Å². The minimum Gasteiger partial charge on any atom is -0.346 e. The molecule has 0 fully saturated rings. The molecule has 0 saturated carbocycles. The molecule has 0 amide bonds. The Kier molecular flexibility index (Phi) is 2.37. The normalized spacial score (nSPS) is 18.2. The molecule has 2 heteroatoms. The quantitative estimate of drug-likeness (QED) is 0.660. The molecule has 0 saturated heterocycles. The number of rotatable bonds is 0. The first kappa shape index (κ1) is 9.79. The van der Waals surface area contributed by atoms with E-state index in [4.69, 9.17) is 0 Å². The first-order valence-corrected chi connectivity index (χ1v) is 6.25. The molecule has 1 heterocycles. The largest absolute Gasteiger partial charge is 0.346 e. The van der Waals surface area contributed by atoms with Crippen LogP contribution in [0.1, 0.15) is 6.42 Å². The number of hydrogen-bond donors (Lipinski definition) is 0. The van der Waals surface area contributed by atoms with E-state index >= 15 is 0 Å². The third-order valence-corrected chi connectivity index (χ3v) is 4.10. The van der Waals surface area contributed by atoms with E-state index in [0.29, 0.717) is 0 Å². The number of allylic oxidation sites excluding steroid dienone is 4. The molecule has 2 aliphatic rings. The monoisotopic (exact) mass is 227 g/mol. The molecular formula is C14H13NS. The van der Waals surface area contributed by atoms with Crippen molar-refractivity contribution >= 4 is 17.4 Å². The second-order valence-electron chi connectivity index (χ2n) is 3.93. The predicted octanol–water partition coefficient (Wildman–Crippen LogP) is 3.96. The molecule has 3 rings (SSSR count).